The molecule has 0 N–H and O–H groups in total. The molecule has 0 atom stereocenters. The predicted molar refractivity (Wildman–Crippen MR) is 276 cm³/mol. The molecule has 2 heteroatoms. The molecule has 0 aliphatic heterocycles. The predicted octanol–water partition coefficient (Wildman–Crippen LogP) is 17.9. The monoisotopic (exact) mass is 810 g/mol. The molecule has 0 saturated carbocycles. The second-order valence-electron chi connectivity index (χ2n) is 17.3. The van der Waals surface area contributed by atoms with Crippen LogP contribution in [0.1, 0.15) is 0 Å². The first-order chi connectivity index (χ1) is 31.7. The molecule has 14 aromatic carbocycles. The third-order valence-corrected chi connectivity index (χ3v) is 13.7. The van der Waals surface area contributed by atoms with Crippen LogP contribution in [0.5, 0.6) is 0 Å². The molecule has 0 bridgehead atoms. The molecule has 0 aromatic heterocycles. The van der Waals surface area contributed by atoms with Crippen molar-refractivity contribution in [1.29, 1.82) is 0 Å². The molecular formula is C62H38N2. The summed E-state index contributed by atoms with van der Waals surface area (Å²) in [5.74, 6) is 0. The zero-order valence-electron chi connectivity index (χ0n) is 34.8. The number of anilines is 6. The summed E-state index contributed by atoms with van der Waals surface area (Å²) in [4.78, 5) is 4.84. The van der Waals surface area contributed by atoms with E-state index in [1.54, 1.807) is 0 Å². The van der Waals surface area contributed by atoms with E-state index in [2.05, 4.69) is 240 Å². The lowest BCUT2D eigenvalue weighted by atomic mass is 9.92. The Bertz CT molecular complexity index is 3760. The minimum Gasteiger partial charge on any atom is -0.310 e. The second kappa shape index (κ2) is 13.5. The lowest BCUT2D eigenvalue weighted by molar-refractivity contribution is 1.29. The molecule has 14 rings (SSSR count). The molecule has 0 aliphatic rings. The van der Waals surface area contributed by atoms with Crippen LogP contribution in [0, 0.1) is 0 Å². The van der Waals surface area contributed by atoms with E-state index in [1.807, 2.05) is 0 Å². The lowest BCUT2D eigenvalue weighted by Crippen LogP contribution is -2.09. The van der Waals surface area contributed by atoms with Gasteiger partial charge in [0, 0.05) is 34.1 Å². The summed E-state index contributed by atoms with van der Waals surface area (Å²) in [5.41, 5.74) is 6.76. The number of rotatable bonds is 6. The Labute approximate surface area is 369 Å². The van der Waals surface area contributed by atoms with Crippen LogP contribution >= 0.6 is 0 Å². The van der Waals surface area contributed by atoms with Gasteiger partial charge in [-0.1, -0.05) is 121 Å². The highest BCUT2D eigenvalue weighted by molar-refractivity contribution is 6.42. The van der Waals surface area contributed by atoms with E-state index < -0.39 is 0 Å². The molecule has 14 aromatic rings. The Kier molecular flexibility index (Phi) is 7.43. The molecule has 0 amide bonds. The number of hydrogen-bond acceptors (Lipinski definition) is 2. The van der Waals surface area contributed by atoms with Crippen LogP contribution in [0.25, 0.3) is 97.0 Å². The van der Waals surface area contributed by atoms with E-state index >= 15 is 0 Å². The minimum atomic E-state index is 1.12. The standard InChI is InChI=1S/C62H38N2/c1-5-21-43(22-6-1)63(44-23-7-2-8-24-44)47-33-55-49-29-39-17-13-15-19-41(39)31-51(49)59-38-54-53(57(35-47)61(55)59)37-60-52-32-42-20-16-14-18-40(42)30-50(52)56-34-48(36-58(54)62(56)60)64(45-25-9-3-10-26-45)46-27-11-4-12-28-46/h1-38H. The highest BCUT2D eigenvalue weighted by atomic mass is 15.1. The molecule has 0 unspecified atom stereocenters. The Morgan fingerprint density at radius 1 is 0.172 bits per heavy atom. The second-order valence-corrected chi connectivity index (χ2v) is 17.3. The first-order valence-electron chi connectivity index (χ1n) is 22.2. The normalized spacial score (nSPS) is 12.1. The van der Waals surface area contributed by atoms with Crippen molar-refractivity contribution in [3.8, 4) is 0 Å². The van der Waals surface area contributed by atoms with Crippen LogP contribution in [0.15, 0.2) is 231 Å². The van der Waals surface area contributed by atoms with Crippen molar-refractivity contribution >= 4 is 131 Å². The van der Waals surface area contributed by atoms with Gasteiger partial charge in [0.25, 0.3) is 0 Å². The maximum atomic E-state index is 2.52. The van der Waals surface area contributed by atoms with Crippen LogP contribution < -0.4 is 9.80 Å². The third kappa shape index (κ3) is 5.14. The van der Waals surface area contributed by atoms with E-state index in [-0.39, 0.29) is 0 Å². The van der Waals surface area contributed by atoms with Crippen LogP contribution in [0.3, 0.4) is 0 Å². The van der Waals surface area contributed by atoms with Gasteiger partial charge in [-0.25, -0.2) is 0 Å². The Hall–Kier alpha value is -8.46. The number of nitrogens with zero attached hydrogens (tertiary/aromatic N) is 2. The molecule has 0 fully saturated rings. The van der Waals surface area contributed by atoms with Gasteiger partial charge in [-0.3, -0.25) is 0 Å². The van der Waals surface area contributed by atoms with Gasteiger partial charge in [-0.2, -0.15) is 0 Å². The van der Waals surface area contributed by atoms with Gasteiger partial charge in [-0.05, 0) is 206 Å². The van der Waals surface area contributed by atoms with Crippen molar-refractivity contribution in [3.05, 3.63) is 231 Å². The maximum absolute atomic E-state index is 2.52. The summed E-state index contributed by atoms with van der Waals surface area (Å²) in [7, 11) is 0. The molecule has 0 saturated heterocycles. The van der Waals surface area contributed by atoms with Crippen molar-refractivity contribution < 1.29 is 0 Å². The molecule has 0 heterocycles. The highest BCUT2D eigenvalue weighted by Crippen LogP contribution is 2.52. The first-order valence-corrected chi connectivity index (χ1v) is 22.2. The summed E-state index contributed by atoms with van der Waals surface area (Å²) < 4.78 is 0. The molecule has 0 aliphatic carbocycles. The van der Waals surface area contributed by atoms with E-state index in [1.165, 1.54) is 97.0 Å². The van der Waals surface area contributed by atoms with Crippen molar-refractivity contribution in [2.75, 3.05) is 9.80 Å². The largest absolute Gasteiger partial charge is 0.310 e. The summed E-state index contributed by atoms with van der Waals surface area (Å²) in [6.45, 7) is 0. The van der Waals surface area contributed by atoms with Gasteiger partial charge in [-0.15, -0.1) is 0 Å². The summed E-state index contributed by atoms with van der Waals surface area (Å²) in [6.07, 6.45) is 0. The quantitative estimate of drug-likeness (QED) is 0.154. The average molecular weight is 811 g/mol. The lowest BCUT2D eigenvalue weighted by Gasteiger charge is -2.27. The number of hydrogen-bond donors (Lipinski definition) is 0. The average Bonchev–Trinajstić information content (AvgIpc) is 3.83. The van der Waals surface area contributed by atoms with Gasteiger partial charge >= 0.3 is 0 Å². The van der Waals surface area contributed by atoms with Crippen LogP contribution in [-0.4, -0.2) is 0 Å². The molecule has 0 spiro atoms. The number of benzene rings is 12. The Morgan fingerprint density at radius 3 is 0.656 bits per heavy atom. The SMILES string of the molecule is c1ccc(N(c2ccccc2)c2cc3c4cc5ccccc5cc4c4cc5c(cc6c7cc8ccccc8cc7c7cc(N(c8ccccc8)c8ccccc8)cc5c76)c(c2)c34)cc1. The van der Waals surface area contributed by atoms with Gasteiger partial charge in [0.2, 0.25) is 0 Å². The van der Waals surface area contributed by atoms with Crippen molar-refractivity contribution in [2.45, 2.75) is 0 Å². The van der Waals surface area contributed by atoms with Crippen LogP contribution in [0.2, 0.25) is 0 Å². The minimum absolute atomic E-state index is 1.12. The van der Waals surface area contributed by atoms with Gasteiger partial charge in [0.05, 0.1) is 0 Å². The zero-order valence-corrected chi connectivity index (χ0v) is 34.8. The van der Waals surface area contributed by atoms with Crippen molar-refractivity contribution in [1.82, 2.24) is 0 Å². The zero-order chi connectivity index (χ0) is 41.9. The van der Waals surface area contributed by atoms with Crippen LogP contribution in [0.4, 0.5) is 34.1 Å². The topological polar surface area (TPSA) is 6.48 Å². The van der Waals surface area contributed by atoms with Crippen molar-refractivity contribution in [3.63, 3.8) is 0 Å². The van der Waals surface area contributed by atoms with E-state index in [0.717, 1.165) is 34.1 Å². The molecule has 296 valence electrons. The third-order valence-electron chi connectivity index (χ3n) is 13.7. The molecule has 0 radical (unpaired) electrons. The molecule has 64 heavy (non-hydrogen) atoms. The van der Waals surface area contributed by atoms with E-state index in [4.69, 9.17) is 0 Å². The van der Waals surface area contributed by atoms with E-state index in [9.17, 15) is 0 Å². The summed E-state index contributed by atoms with van der Waals surface area (Å²) in [6, 6.07) is 85.4. The first kappa shape index (κ1) is 35.2. The smallest absolute Gasteiger partial charge is 0.0474 e. The van der Waals surface area contributed by atoms with Crippen molar-refractivity contribution in [2.24, 2.45) is 0 Å². The molecule has 2 nitrogen and oxygen atoms in total. The summed E-state index contributed by atoms with van der Waals surface area (Å²) in [5, 5.41) is 23.0. The molecular weight excluding hydrogens is 773 g/mol. The van der Waals surface area contributed by atoms with Gasteiger partial charge in [0.15, 0.2) is 0 Å². The van der Waals surface area contributed by atoms with Gasteiger partial charge in [0.1, 0.15) is 0 Å². The maximum Gasteiger partial charge on any atom is 0.0474 e. The van der Waals surface area contributed by atoms with Gasteiger partial charge < -0.3 is 9.80 Å². The Morgan fingerprint density at radius 2 is 0.391 bits per heavy atom. The van der Waals surface area contributed by atoms with E-state index in [0.29, 0.717) is 0 Å². The Balaban J connectivity index is 1.19. The fraction of sp³-hybridized carbons (Fsp3) is 0. The summed E-state index contributed by atoms with van der Waals surface area (Å²) >= 11 is 0. The van der Waals surface area contributed by atoms with Crippen LogP contribution in [-0.2, 0) is 0 Å². The highest BCUT2D eigenvalue weighted by Gasteiger charge is 2.24. The number of para-hydroxylation sites is 4. The fourth-order valence-electron chi connectivity index (χ4n) is 11.0. The fourth-order valence-corrected chi connectivity index (χ4v) is 11.0. The number of fused-ring (bicyclic) bond motifs is 11.